The van der Waals surface area contributed by atoms with Crippen LogP contribution in [0.4, 0.5) is 0 Å². The minimum Gasteiger partial charge on any atom is -0.347 e. The highest BCUT2D eigenvalue weighted by atomic mass is 16.7. The summed E-state index contributed by atoms with van der Waals surface area (Å²) in [7, 11) is 2.01. The first-order chi connectivity index (χ1) is 21.8. The highest BCUT2D eigenvalue weighted by molar-refractivity contribution is 4.93. The second kappa shape index (κ2) is 31.8. The first-order valence-electron chi connectivity index (χ1n) is 19.3. The van der Waals surface area contributed by atoms with Crippen molar-refractivity contribution in [2.75, 3.05) is 20.2 Å². The van der Waals surface area contributed by atoms with Crippen molar-refractivity contribution >= 4 is 0 Å². The van der Waals surface area contributed by atoms with E-state index in [1.807, 2.05) is 7.05 Å². The van der Waals surface area contributed by atoms with Gasteiger partial charge in [-0.25, -0.2) is 0 Å². The van der Waals surface area contributed by atoms with Gasteiger partial charge in [-0.2, -0.15) is 0 Å². The third kappa shape index (κ3) is 25.1. The summed E-state index contributed by atoms with van der Waals surface area (Å²) in [6, 6.07) is 0. The quantitative estimate of drug-likeness (QED) is 0.0605. The Morgan fingerprint density at radius 3 is 1.32 bits per heavy atom. The van der Waals surface area contributed by atoms with Crippen molar-refractivity contribution in [2.45, 2.75) is 193 Å². The predicted octanol–water partition coefficient (Wildman–Crippen LogP) is 12.7. The average molecular weight is 614 g/mol. The minimum absolute atomic E-state index is 0.203. The number of unbranched alkanes of at least 4 members (excludes halogenated alkanes) is 18. The van der Waals surface area contributed by atoms with Crippen LogP contribution in [-0.2, 0) is 9.47 Å². The Morgan fingerprint density at radius 1 is 0.523 bits per heavy atom. The average Bonchev–Trinajstić information content (AvgIpc) is 3.43. The largest absolute Gasteiger partial charge is 0.347 e. The molecule has 1 saturated heterocycles. The highest BCUT2D eigenvalue weighted by Gasteiger charge is 2.40. The van der Waals surface area contributed by atoms with Gasteiger partial charge in [0.05, 0.1) is 12.7 Å². The summed E-state index contributed by atoms with van der Waals surface area (Å²) >= 11 is 0. The van der Waals surface area contributed by atoms with Gasteiger partial charge in [0.15, 0.2) is 5.79 Å². The maximum atomic E-state index is 6.53. The van der Waals surface area contributed by atoms with Gasteiger partial charge in [-0.1, -0.05) is 140 Å². The molecule has 0 saturated carbocycles. The van der Waals surface area contributed by atoms with Crippen molar-refractivity contribution in [1.82, 2.24) is 5.32 Å². The van der Waals surface area contributed by atoms with Gasteiger partial charge in [0.25, 0.3) is 0 Å². The molecule has 0 bridgehead atoms. The molecule has 256 valence electrons. The van der Waals surface area contributed by atoms with Crippen molar-refractivity contribution in [3.63, 3.8) is 0 Å². The summed E-state index contributed by atoms with van der Waals surface area (Å²) in [5, 5.41) is 3.27. The van der Waals surface area contributed by atoms with Crippen molar-refractivity contribution in [3.8, 4) is 0 Å². The van der Waals surface area contributed by atoms with Gasteiger partial charge in [0.2, 0.25) is 0 Å². The van der Waals surface area contributed by atoms with E-state index >= 15 is 0 Å². The lowest BCUT2D eigenvalue weighted by atomic mass is 9.98. The summed E-state index contributed by atoms with van der Waals surface area (Å²) in [6.07, 6.45) is 52.1. The van der Waals surface area contributed by atoms with Crippen LogP contribution in [0.5, 0.6) is 0 Å². The van der Waals surface area contributed by atoms with Crippen molar-refractivity contribution in [3.05, 3.63) is 48.6 Å². The lowest BCUT2D eigenvalue weighted by Crippen LogP contribution is -2.33. The van der Waals surface area contributed by atoms with Gasteiger partial charge >= 0.3 is 0 Å². The second-order valence-corrected chi connectivity index (χ2v) is 13.2. The Kier molecular flexibility index (Phi) is 29.5. The summed E-state index contributed by atoms with van der Waals surface area (Å²) in [6.45, 7) is 6.16. The second-order valence-electron chi connectivity index (χ2n) is 13.2. The van der Waals surface area contributed by atoms with Gasteiger partial charge in [0, 0.05) is 19.4 Å². The van der Waals surface area contributed by atoms with Crippen molar-refractivity contribution in [1.29, 1.82) is 0 Å². The Balaban J connectivity index is 2.08. The van der Waals surface area contributed by atoms with Crippen LogP contribution in [0, 0.1) is 0 Å². The number of likely N-dealkylation sites (N-methyl/N-ethyl adjacent to an activating group) is 1. The van der Waals surface area contributed by atoms with Gasteiger partial charge in [-0.05, 0) is 84.1 Å². The lowest BCUT2D eigenvalue weighted by Gasteiger charge is -2.28. The zero-order chi connectivity index (χ0) is 31.7. The lowest BCUT2D eigenvalue weighted by molar-refractivity contribution is -0.178. The topological polar surface area (TPSA) is 30.5 Å². The molecule has 1 N–H and O–H groups in total. The first kappa shape index (κ1) is 40.9. The smallest absolute Gasteiger partial charge is 0.168 e. The molecule has 0 aromatic carbocycles. The van der Waals surface area contributed by atoms with E-state index in [2.05, 4.69) is 67.8 Å². The zero-order valence-corrected chi connectivity index (χ0v) is 29.8. The minimum atomic E-state index is -0.327. The maximum Gasteiger partial charge on any atom is 0.168 e. The summed E-state index contributed by atoms with van der Waals surface area (Å²) in [4.78, 5) is 0. The first-order valence-corrected chi connectivity index (χ1v) is 19.3. The van der Waals surface area contributed by atoms with E-state index in [4.69, 9.17) is 9.47 Å². The predicted molar refractivity (Wildman–Crippen MR) is 195 cm³/mol. The van der Waals surface area contributed by atoms with E-state index in [0.717, 1.165) is 38.8 Å². The Bertz CT molecular complexity index is 661. The van der Waals surface area contributed by atoms with Crippen molar-refractivity contribution in [2.24, 2.45) is 0 Å². The molecule has 1 heterocycles. The Labute approximate surface area is 275 Å². The van der Waals surface area contributed by atoms with Crippen LogP contribution in [0.2, 0.25) is 0 Å². The number of hydrogen-bond donors (Lipinski definition) is 1. The Hall–Kier alpha value is -1.16. The molecule has 0 aliphatic carbocycles. The fourth-order valence-electron chi connectivity index (χ4n) is 6.10. The maximum absolute atomic E-state index is 6.53. The highest BCUT2D eigenvalue weighted by Crippen LogP contribution is 2.34. The molecule has 3 nitrogen and oxygen atoms in total. The van der Waals surface area contributed by atoms with Crippen LogP contribution in [-0.4, -0.2) is 32.1 Å². The molecule has 1 aliphatic rings. The molecule has 1 atom stereocenters. The molecule has 3 heteroatoms. The number of hydrogen-bond acceptors (Lipinski definition) is 3. The summed E-state index contributed by atoms with van der Waals surface area (Å²) < 4.78 is 12.9. The molecule has 0 aromatic heterocycles. The van der Waals surface area contributed by atoms with Gasteiger partial charge in [-0.15, -0.1) is 0 Å². The molecule has 1 fully saturated rings. The number of rotatable bonds is 32. The van der Waals surface area contributed by atoms with Gasteiger partial charge < -0.3 is 14.8 Å². The van der Waals surface area contributed by atoms with E-state index in [9.17, 15) is 0 Å². The number of nitrogens with one attached hydrogen (secondary N) is 1. The molecule has 0 unspecified atom stereocenters. The monoisotopic (exact) mass is 614 g/mol. The van der Waals surface area contributed by atoms with E-state index in [1.165, 1.54) is 141 Å². The third-order valence-electron chi connectivity index (χ3n) is 8.86. The normalized spacial score (nSPS) is 19.2. The molecule has 0 amide bonds. The van der Waals surface area contributed by atoms with Crippen LogP contribution in [0.15, 0.2) is 48.6 Å². The molecule has 0 spiro atoms. The molecule has 0 aromatic rings. The molecule has 1 aliphatic heterocycles. The Morgan fingerprint density at radius 2 is 0.909 bits per heavy atom. The fraction of sp³-hybridized carbons (Fsp3) is 0.805. The van der Waals surface area contributed by atoms with Crippen LogP contribution in [0.25, 0.3) is 0 Å². The van der Waals surface area contributed by atoms with E-state index in [-0.39, 0.29) is 11.9 Å². The van der Waals surface area contributed by atoms with Crippen molar-refractivity contribution < 1.29 is 9.47 Å². The van der Waals surface area contributed by atoms with E-state index in [0.29, 0.717) is 0 Å². The van der Waals surface area contributed by atoms with E-state index in [1.54, 1.807) is 0 Å². The zero-order valence-electron chi connectivity index (χ0n) is 29.8. The van der Waals surface area contributed by atoms with Crippen LogP contribution in [0.1, 0.15) is 181 Å². The molecular formula is C41H75NO2. The molecule has 44 heavy (non-hydrogen) atoms. The van der Waals surface area contributed by atoms with Crippen LogP contribution in [0.3, 0.4) is 0 Å². The fourth-order valence-corrected chi connectivity index (χ4v) is 6.10. The number of allylic oxidation sites excluding steroid dienone is 8. The van der Waals surface area contributed by atoms with Gasteiger partial charge in [0.1, 0.15) is 0 Å². The standard InChI is InChI=1S/C41H75NO2/c1-4-6-8-10-12-14-16-18-20-22-24-26-28-30-32-34-36-41(43-39-40(44-41)38-42-3)37-35-33-31-29-27-25-23-21-19-17-15-13-11-9-7-5-2/h12-15,18-21,40,42H,4-11,16-17,22-39H2,1-3H3/t40-,41?/m0/s1. The molecule has 1 rings (SSSR count). The van der Waals surface area contributed by atoms with Crippen LogP contribution < -0.4 is 5.32 Å². The molecule has 0 radical (unpaired) electrons. The van der Waals surface area contributed by atoms with Gasteiger partial charge in [-0.3, -0.25) is 0 Å². The third-order valence-corrected chi connectivity index (χ3v) is 8.86. The summed E-state index contributed by atoms with van der Waals surface area (Å²) in [5.74, 6) is -0.327. The van der Waals surface area contributed by atoms with E-state index < -0.39 is 0 Å². The molecular weight excluding hydrogens is 538 g/mol. The number of ether oxygens (including phenoxy) is 2. The summed E-state index contributed by atoms with van der Waals surface area (Å²) in [5.41, 5.74) is 0. The van der Waals surface area contributed by atoms with Crippen LogP contribution >= 0.6 is 0 Å². The SMILES string of the molecule is CCCCCC=CCC=CCCCCCCCCC1(CCCCCCCCC=CCC=CCCCCC)OC[C@H](CNC)O1.